The third-order valence-corrected chi connectivity index (χ3v) is 1.82. The molecule has 0 aliphatic heterocycles. The molecule has 0 aliphatic rings. The minimum absolute atomic E-state index is 0.0167. The molecule has 1 aromatic carbocycles. The predicted molar refractivity (Wildman–Crippen MR) is 58.1 cm³/mol. The number of phenols is 1. The number of rotatable bonds is 3. The SMILES string of the molecule is C=C(C)C(=O)Nc1ccc(OC)c(O)c1. The van der Waals surface area contributed by atoms with Crippen molar-refractivity contribution in [2.45, 2.75) is 6.92 Å². The van der Waals surface area contributed by atoms with E-state index in [0.717, 1.165) is 0 Å². The molecular formula is C11H13NO3. The molecule has 1 aromatic rings. The van der Waals surface area contributed by atoms with Crippen LogP contribution < -0.4 is 10.1 Å². The van der Waals surface area contributed by atoms with Gasteiger partial charge in [0.1, 0.15) is 0 Å². The number of phenolic OH excluding ortho intramolecular Hbond substituents is 1. The number of anilines is 1. The van der Waals surface area contributed by atoms with Crippen molar-refractivity contribution < 1.29 is 14.6 Å². The highest BCUT2D eigenvalue weighted by Gasteiger charge is 2.05. The Morgan fingerprint density at radius 1 is 1.53 bits per heavy atom. The summed E-state index contributed by atoms with van der Waals surface area (Å²) in [4.78, 5) is 11.3. The molecule has 80 valence electrons. The number of hydrogen-bond donors (Lipinski definition) is 2. The van der Waals surface area contributed by atoms with Crippen LogP contribution in [0.15, 0.2) is 30.4 Å². The molecule has 0 radical (unpaired) electrons. The minimum atomic E-state index is -0.278. The largest absolute Gasteiger partial charge is 0.504 e. The summed E-state index contributed by atoms with van der Waals surface area (Å²) >= 11 is 0. The summed E-state index contributed by atoms with van der Waals surface area (Å²) in [5.74, 6) is 0.0694. The number of nitrogens with one attached hydrogen (secondary N) is 1. The Labute approximate surface area is 88.2 Å². The van der Waals surface area contributed by atoms with Gasteiger partial charge in [0.25, 0.3) is 5.91 Å². The smallest absolute Gasteiger partial charge is 0.250 e. The van der Waals surface area contributed by atoms with E-state index >= 15 is 0 Å². The van der Waals surface area contributed by atoms with E-state index in [0.29, 0.717) is 17.0 Å². The summed E-state index contributed by atoms with van der Waals surface area (Å²) in [6.07, 6.45) is 0. The Kier molecular flexibility index (Phi) is 3.33. The summed E-state index contributed by atoms with van der Waals surface area (Å²) in [6, 6.07) is 4.63. The number of benzene rings is 1. The lowest BCUT2D eigenvalue weighted by molar-refractivity contribution is -0.112. The average molecular weight is 207 g/mol. The van der Waals surface area contributed by atoms with E-state index in [1.165, 1.54) is 13.2 Å². The normalized spacial score (nSPS) is 9.47. The Hall–Kier alpha value is -1.97. The van der Waals surface area contributed by atoms with Crippen LogP contribution in [0.4, 0.5) is 5.69 Å². The third kappa shape index (κ3) is 2.74. The molecule has 4 heteroatoms. The molecule has 0 saturated carbocycles. The van der Waals surface area contributed by atoms with E-state index in [1.807, 2.05) is 0 Å². The number of aromatic hydroxyl groups is 1. The second-order valence-corrected chi connectivity index (χ2v) is 3.12. The molecule has 0 aromatic heterocycles. The summed E-state index contributed by atoms with van der Waals surface area (Å²) in [7, 11) is 1.46. The van der Waals surface area contributed by atoms with Crippen LogP contribution >= 0.6 is 0 Å². The van der Waals surface area contributed by atoms with Gasteiger partial charge in [-0.05, 0) is 19.1 Å². The van der Waals surface area contributed by atoms with Gasteiger partial charge < -0.3 is 15.2 Å². The van der Waals surface area contributed by atoms with Crippen molar-refractivity contribution in [3.05, 3.63) is 30.4 Å². The number of carbonyl (C=O) groups excluding carboxylic acids is 1. The van der Waals surface area contributed by atoms with Gasteiger partial charge in [-0.3, -0.25) is 4.79 Å². The molecule has 2 N–H and O–H groups in total. The van der Waals surface area contributed by atoms with Gasteiger partial charge >= 0.3 is 0 Å². The lowest BCUT2D eigenvalue weighted by Gasteiger charge is -2.07. The highest BCUT2D eigenvalue weighted by atomic mass is 16.5. The molecule has 1 amide bonds. The fraction of sp³-hybridized carbons (Fsp3) is 0.182. The Morgan fingerprint density at radius 3 is 2.67 bits per heavy atom. The molecular weight excluding hydrogens is 194 g/mol. The summed E-state index contributed by atoms with van der Waals surface area (Å²) in [5.41, 5.74) is 0.909. The maximum absolute atomic E-state index is 11.3. The fourth-order valence-electron chi connectivity index (χ4n) is 1.01. The van der Waals surface area contributed by atoms with Crippen molar-refractivity contribution >= 4 is 11.6 Å². The highest BCUT2D eigenvalue weighted by Crippen LogP contribution is 2.28. The first kappa shape index (κ1) is 11.1. The van der Waals surface area contributed by atoms with Gasteiger partial charge in [-0.1, -0.05) is 6.58 Å². The predicted octanol–water partition coefficient (Wildman–Crippen LogP) is 1.92. The number of amides is 1. The number of ether oxygens (including phenoxy) is 1. The van der Waals surface area contributed by atoms with E-state index in [9.17, 15) is 9.90 Å². The van der Waals surface area contributed by atoms with Crippen LogP contribution in [0.2, 0.25) is 0 Å². The third-order valence-electron chi connectivity index (χ3n) is 1.82. The standard InChI is InChI=1S/C11H13NO3/c1-7(2)11(14)12-8-4-5-10(15-3)9(13)6-8/h4-6,13H,1H2,2-3H3,(H,12,14). The molecule has 0 spiro atoms. The lowest BCUT2D eigenvalue weighted by atomic mass is 10.2. The van der Waals surface area contributed by atoms with Gasteiger partial charge in [0.05, 0.1) is 7.11 Å². The van der Waals surface area contributed by atoms with E-state index in [2.05, 4.69) is 11.9 Å². The van der Waals surface area contributed by atoms with Gasteiger partial charge in [-0.2, -0.15) is 0 Å². The first-order valence-corrected chi connectivity index (χ1v) is 4.38. The van der Waals surface area contributed by atoms with Gasteiger partial charge in [0, 0.05) is 17.3 Å². The van der Waals surface area contributed by atoms with Crippen molar-refractivity contribution in [1.29, 1.82) is 0 Å². The zero-order valence-corrected chi connectivity index (χ0v) is 8.70. The van der Waals surface area contributed by atoms with Crippen molar-refractivity contribution in [2.24, 2.45) is 0 Å². The molecule has 0 heterocycles. The van der Waals surface area contributed by atoms with Crippen molar-refractivity contribution in [3.63, 3.8) is 0 Å². The van der Waals surface area contributed by atoms with Crippen molar-refractivity contribution in [2.75, 3.05) is 12.4 Å². The number of methoxy groups -OCH3 is 1. The Morgan fingerprint density at radius 2 is 2.20 bits per heavy atom. The van der Waals surface area contributed by atoms with Crippen LogP contribution in [0.5, 0.6) is 11.5 Å². The van der Waals surface area contributed by atoms with Crippen LogP contribution in [-0.2, 0) is 4.79 Å². The molecule has 0 bridgehead atoms. The van der Waals surface area contributed by atoms with Gasteiger partial charge in [-0.15, -0.1) is 0 Å². The monoisotopic (exact) mass is 207 g/mol. The summed E-state index contributed by atoms with van der Waals surface area (Å²) < 4.78 is 4.87. The first-order chi connectivity index (χ1) is 7.04. The van der Waals surface area contributed by atoms with Crippen LogP contribution in [0.3, 0.4) is 0 Å². The van der Waals surface area contributed by atoms with Crippen LogP contribution in [0, 0.1) is 0 Å². The second kappa shape index (κ2) is 4.50. The summed E-state index contributed by atoms with van der Waals surface area (Å²) in [5, 5.41) is 12.0. The van der Waals surface area contributed by atoms with Crippen LogP contribution in [-0.4, -0.2) is 18.1 Å². The number of hydrogen-bond acceptors (Lipinski definition) is 3. The molecule has 0 unspecified atom stereocenters. The van der Waals surface area contributed by atoms with E-state index in [-0.39, 0.29) is 11.7 Å². The fourth-order valence-corrected chi connectivity index (χ4v) is 1.01. The van der Waals surface area contributed by atoms with Crippen molar-refractivity contribution in [3.8, 4) is 11.5 Å². The first-order valence-electron chi connectivity index (χ1n) is 4.38. The Bertz CT molecular complexity index is 399. The van der Waals surface area contributed by atoms with Crippen LogP contribution in [0.25, 0.3) is 0 Å². The minimum Gasteiger partial charge on any atom is -0.504 e. The van der Waals surface area contributed by atoms with Gasteiger partial charge in [0.2, 0.25) is 0 Å². The molecule has 4 nitrogen and oxygen atoms in total. The lowest BCUT2D eigenvalue weighted by Crippen LogP contribution is -2.11. The molecule has 1 rings (SSSR count). The zero-order chi connectivity index (χ0) is 11.4. The molecule has 0 saturated heterocycles. The maximum Gasteiger partial charge on any atom is 0.250 e. The molecule has 0 aliphatic carbocycles. The molecule has 0 atom stereocenters. The van der Waals surface area contributed by atoms with E-state index in [4.69, 9.17) is 4.74 Å². The topological polar surface area (TPSA) is 58.6 Å². The number of carbonyl (C=O) groups is 1. The quantitative estimate of drug-likeness (QED) is 0.744. The maximum atomic E-state index is 11.3. The van der Waals surface area contributed by atoms with Gasteiger partial charge in [0.15, 0.2) is 11.5 Å². The molecule has 15 heavy (non-hydrogen) atoms. The van der Waals surface area contributed by atoms with E-state index in [1.54, 1.807) is 19.1 Å². The Balaban J connectivity index is 2.84. The van der Waals surface area contributed by atoms with Gasteiger partial charge in [-0.25, -0.2) is 0 Å². The zero-order valence-electron chi connectivity index (χ0n) is 8.70. The van der Waals surface area contributed by atoms with E-state index < -0.39 is 0 Å². The average Bonchev–Trinajstić information content (AvgIpc) is 2.18. The summed E-state index contributed by atoms with van der Waals surface area (Å²) in [6.45, 7) is 5.12. The van der Waals surface area contributed by atoms with Crippen LogP contribution in [0.1, 0.15) is 6.92 Å². The molecule has 0 fully saturated rings. The highest BCUT2D eigenvalue weighted by molar-refractivity contribution is 6.02. The second-order valence-electron chi connectivity index (χ2n) is 3.12. The van der Waals surface area contributed by atoms with Crippen molar-refractivity contribution in [1.82, 2.24) is 0 Å².